The second kappa shape index (κ2) is 3.22. The Bertz CT molecular complexity index is 154. The SMILES string of the molecule is CCN(CC)[C@@H]1C(=O)N[C@H]1C. The van der Waals surface area contributed by atoms with E-state index >= 15 is 0 Å². The van der Waals surface area contributed by atoms with Crippen molar-refractivity contribution in [3.63, 3.8) is 0 Å². The van der Waals surface area contributed by atoms with Crippen molar-refractivity contribution in [2.45, 2.75) is 32.9 Å². The molecule has 0 unspecified atom stereocenters. The predicted octanol–water partition coefficient (Wildman–Crippen LogP) is 0.215. The normalized spacial score (nSPS) is 30.0. The molecule has 1 rings (SSSR count). The number of rotatable bonds is 3. The molecule has 3 nitrogen and oxygen atoms in total. The van der Waals surface area contributed by atoms with E-state index < -0.39 is 0 Å². The first-order valence-electron chi connectivity index (χ1n) is 4.25. The maximum absolute atomic E-state index is 11.0. The summed E-state index contributed by atoms with van der Waals surface area (Å²) in [7, 11) is 0. The molecule has 1 amide bonds. The molecule has 1 N–H and O–H groups in total. The van der Waals surface area contributed by atoms with Gasteiger partial charge in [0.1, 0.15) is 6.04 Å². The number of hydrogen-bond acceptors (Lipinski definition) is 2. The second-order valence-electron chi connectivity index (χ2n) is 2.96. The number of likely N-dealkylation sites (N-methyl/N-ethyl adjacent to an activating group) is 1. The van der Waals surface area contributed by atoms with E-state index in [9.17, 15) is 4.79 Å². The van der Waals surface area contributed by atoms with Gasteiger partial charge in [0.15, 0.2) is 0 Å². The minimum Gasteiger partial charge on any atom is -0.350 e. The molecule has 0 aromatic carbocycles. The van der Waals surface area contributed by atoms with Gasteiger partial charge in [-0.3, -0.25) is 9.69 Å². The van der Waals surface area contributed by atoms with Crippen LogP contribution in [0.2, 0.25) is 0 Å². The van der Waals surface area contributed by atoms with Crippen LogP contribution in [0.25, 0.3) is 0 Å². The first-order valence-corrected chi connectivity index (χ1v) is 4.25. The lowest BCUT2D eigenvalue weighted by atomic mass is 9.99. The Kier molecular flexibility index (Phi) is 2.49. The molecular weight excluding hydrogens is 140 g/mol. The summed E-state index contributed by atoms with van der Waals surface area (Å²) in [6, 6.07) is 0.465. The van der Waals surface area contributed by atoms with Crippen molar-refractivity contribution in [2.24, 2.45) is 0 Å². The van der Waals surface area contributed by atoms with E-state index in [0.29, 0.717) is 6.04 Å². The second-order valence-corrected chi connectivity index (χ2v) is 2.96. The van der Waals surface area contributed by atoms with E-state index in [2.05, 4.69) is 24.1 Å². The molecule has 0 aliphatic carbocycles. The van der Waals surface area contributed by atoms with Crippen LogP contribution in [0.5, 0.6) is 0 Å². The molecule has 1 aliphatic rings. The van der Waals surface area contributed by atoms with Gasteiger partial charge in [-0.05, 0) is 20.0 Å². The van der Waals surface area contributed by atoms with Crippen LogP contribution in [-0.2, 0) is 4.79 Å². The summed E-state index contributed by atoms with van der Waals surface area (Å²) in [4.78, 5) is 13.2. The van der Waals surface area contributed by atoms with Crippen molar-refractivity contribution < 1.29 is 4.79 Å². The molecule has 0 aromatic rings. The van der Waals surface area contributed by atoms with E-state index in [1.54, 1.807) is 0 Å². The molecule has 1 heterocycles. The van der Waals surface area contributed by atoms with Gasteiger partial charge in [0.25, 0.3) is 0 Å². The van der Waals surface area contributed by atoms with Crippen LogP contribution in [0.3, 0.4) is 0 Å². The van der Waals surface area contributed by atoms with Crippen LogP contribution < -0.4 is 5.32 Å². The number of nitrogens with one attached hydrogen (secondary N) is 1. The lowest BCUT2D eigenvalue weighted by Gasteiger charge is -2.41. The zero-order valence-electron chi connectivity index (χ0n) is 7.42. The molecule has 64 valence electrons. The van der Waals surface area contributed by atoms with Gasteiger partial charge in [-0.2, -0.15) is 0 Å². The standard InChI is InChI=1S/C8H16N2O/c1-4-10(5-2)7-6(3)9-8(7)11/h6-7H,4-5H2,1-3H3,(H,9,11)/t6-,7-/m0/s1. The van der Waals surface area contributed by atoms with E-state index in [0.717, 1.165) is 13.1 Å². The fraction of sp³-hybridized carbons (Fsp3) is 0.875. The Labute approximate surface area is 67.8 Å². The molecule has 0 spiro atoms. The summed E-state index contributed by atoms with van der Waals surface area (Å²) in [6.07, 6.45) is 0. The zero-order valence-corrected chi connectivity index (χ0v) is 7.42. The summed E-state index contributed by atoms with van der Waals surface area (Å²) in [6.45, 7) is 8.13. The van der Waals surface area contributed by atoms with Crippen LogP contribution in [0, 0.1) is 0 Å². The third-order valence-corrected chi connectivity index (χ3v) is 2.32. The highest BCUT2D eigenvalue weighted by Gasteiger charge is 2.38. The van der Waals surface area contributed by atoms with E-state index in [4.69, 9.17) is 0 Å². The summed E-state index contributed by atoms with van der Waals surface area (Å²) >= 11 is 0. The largest absolute Gasteiger partial charge is 0.350 e. The number of carbonyl (C=O) groups is 1. The highest BCUT2D eigenvalue weighted by Crippen LogP contribution is 2.12. The molecular formula is C8H16N2O. The summed E-state index contributed by atoms with van der Waals surface area (Å²) in [5.74, 6) is 0.182. The molecule has 0 bridgehead atoms. The summed E-state index contributed by atoms with van der Waals surface area (Å²) in [5.41, 5.74) is 0. The minimum absolute atomic E-state index is 0.130. The predicted molar refractivity (Wildman–Crippen MR) is 44.3 cm³/mol. The molecule has 1 aliphatic heterocycles. The molecule has 2 atom stereocenters. The van der Waals surface area contributed by atoms with Gasteiger partial charge in [0.05, 0.1) is 6.04 Å². The molecule has 1 saturated heterocycles. The first-order chi connectivity index (χ1) is 5.20. The van der Waals surface area contributed by atoms with Crippen LogP contribution >= 0.6 is 0 Å². The fourth-order valence-electron chi connectivity index (χ4n) is 1.62. The topological polar surface area (TPSA) is 32.3 Å². The number of amides is 1. The van der Waals surface area contributed by atoms with Crippen LogP contribution in [0.1, 0.15) is 20.8 Å². The average Bonchev–Trinajstić information content (AvgIpc) is 2.00. The van der Waals surface area contributed by atoms with Gasteiger partial charge in [0, 0.05) is 0 Å². The number of hydrogen-bond donors (Lipinski definition) is 1. The third-order valence-electron chi connectivity index (χ3n) is 2.32. The quantitative estimate of drug-likeness (QED) is 0.593. The van der Waals surface area contributed by atoms with Gasteiger partial charge < -0.3 is 5.32 Å². The smallest absolute Gasteiger partial charge is 0.239 e. The van der Waals surface area contributed by atoms with Crippen molar-refractivity contribution in [3.8, 4) is 0 Å². The number of nitrogens with zero attached hydrogens (tertiary/aromatic N) is 1. The van der Waals surface area contributed by atoms with Crippen molar-refractivity contribution in [2.75, 3.05) is 13.1 Å². The van der Waals surface area contributed by atoms with Gasteiger partial charge in [-0.15, -0.1) is 0 Å². The van der Waals surface area contributed by atoms with Crippen LogP contribution in [0.15, 0.2) is 0 Å². The first kappa shape index (κ1) is 8.53. The van der Waals surface area contributed by atoms with E-state index in [1.807, 2.05) is 6.92 Å². The maximum Gasteiger partial charge on any atom is 0.239 e. The Morgan fingerprint density at radius 1 is 1.45 bits per heavy atom. The van der Waals surface area contributed by atoms with Crippen molar-refractivity contribution in [1.82, 2.24) is 10.2 Å². The van der Waals surface area contributed by atoms with Crippen molar-refractivity contribution >= 4 is 5.91 Å². The summed E-state index contributed by atoms with van der Waals surface area (Å²) < 4.78 is 0. The van der Waals surface area contributed by atoms with Gasteiger partial charge in [-0.1, -0.05) is 13.8 Å². The lowest BCUT2D eigenvalue weighted by Crippen LogP contribution is -2.67. The Balaban J connectivity index is 2.50. The number of carbonyl (C=O) groups excluding carboxylic acids is 1. The molecule has 1 fully saturated rings. The van der Waals surface area contributed by atoms with Gasteiger partial charge in [0.2, 0.25) is 5.91 Å². The van der Waals surface area contributed by atoms with Gasteiger partial charge in [-0.25, -0.2) is 0 Å². The van der Waals surface area contributed by atoms with Gasteiger partial charge >= 0.3 is 0 Å². The maximum atomic E-state index is 11.0. The van der Waals surface area contributed by atoms with Crippen molar-refractivity contribution in [3.05, 3.63) is 0 Å². The van der Waals surface area contributed by atoms with Crippen LogP contribution in [-0.4, -0.2) is 36.0 Å². The lowest BCUT2D eigenvalue weighted by molar-refractivity contribution is -0.136. The Morgan fingerprint density at radius 3 is 2.18 bits per heavy atom. The van der Waals surface area contributed by atoms with E-state index in [1.165, 1.54) is 0 Å². The molecule has 0 saturated carbocycles. The van der Waals surface area contributed by atoms with E-state index in [-0.39, 0.29) is 11.9 Å². The Morgan fingerprint density at radius 2 is 2.00 bits per heavy atom. The average molecular weight is 156 g/mol. The number of β-lactam (4-membered cyclic amide) rings is 1. The third kappa shape index (κ3) is 1.38. The molecule has 11 heavy (non-hydrogen) atoms. The molecule has 0 radical (unpaired) electrons. The highest BCUT2D eigenvalue weighted by atomic mass is 16.2. The minimum atomic E-state index is 0.130. The summed E-state index contributed by atoms with van der Waals surface area (Å²) in [5, 5.41) is 2.82. The van der Waals surface area contributed by atoms with Crippen LogP contribution in [0.4, 0.5) is 0 Å². The molecule has 3 heteroatoms. The monoisotopic (exact) mass is 156 g/mol. The molecule has 0 aromatic heterocycles. The zero-order chi connectivity index (χ0) is 8.43. The highest BCUT2D eigenvalue weighted by molar-refractivity contribution is 5.89. The van der Waals surface area contributed by atoms with Crippen molar-refractivity contribution in [1.29, 1.82) is 0 Å². The Hall–Kier alpha value is -0.570. The fourth-order valence-corrected chi connectivity index (χ4v) is 1.62.